The smallest absolute Gasteiger partial charge is 0.180 e. The van der Waals surface area contributed by atoms with Crippen molar-refractivity contribution in [2.45, 2.75) is 24.2 Å². The summed E-state index contributed by atoms with van der Waals surface area (Å²) in [5, 5.41) is 0.302. The lowest BCUT2D eigenvalue weighted by Gasteiger charge is -2.14. The summed E-state index contributed by atoms with van der Waals surface area (Å²) in [6, 6.07) is 6.60. The molecule has 0 saturated heterocycles. The normalized spacial score (nSPS) is 18.0. The van der Waals surface area contributed by atoms with Crippen LogP contribution in [0.15, 0.2) is 29.2 Å². The van der Waals surface area contributed by atoms with Crippen LogP contribution >= 0.6 is 11.6 Å². The Balaban J connectivity index is 2.23. The number of rotatable bonds is 5. The molecule has 0 unspecified atom stereocenters. The van der Waals surface area contributed by atoms with E-state index in [2.05, 4.69) is 0 Å². The fourth-order valence-electron chi connectivity index (χ4n) is 2.13. The molecule has 0 aromatic heterocycles. The van der Waals surface area contributed by atoms with Crippen LogP contribution in [0.2, 0.25) is 5.02 Å². The zero-order chi connectivity index (χ0) is 12.5. The van der Waals surface area contributed by atoms with E-state index in [1.807, 2.05) is 0 Å². The number of hydrogen-bond donors (Lipinski definition) is 1. The van der Waals surface area contributed by atoms with Crippen LogP contribution in [0.3, 0.4) is 0 Å². The lowest BCUT2D eigenvalue weighted by molar-refractivity contribution is 0.510. The Morgan fingerprint density at radius 3 is 2.47 bits per heavy atom. The molecule has 0 amide bonds. The van der Waals surface area contributed by atoms with E-state index in [4.69, 9.17) is 17.3 Å². The Morgan fingerprint density at radius 1 is 1.29 bits per heavy atom. The summed E-state index contributed by atoms with van der Waals surface area (Å²) in [6.45, 7) is 0.540. The molecule has 1 aliphatic carbocycles. The Labute approximate surface area is 107 Å². The number of sulfone groups is 1. The maximum atomic E-state index is 12.3. The van der Waals surface area contributed by atoms with Crippen molar-refractivity contribution in [2.75, 3.05) is 12.3 Å². The first-order valence-electron chi connectivity index (χ1n) is 5.66. The zero-order valence-electron chi connectivity index (χ0n) is 9.52. The molecule has 0 aliphatic heterocycles. The van der Waals surface area contributed by atoms with E-state index in [1.54, 1.807) is 24.3 Å². The van der Waals surface area contributed by atoms with Crippen molar-refractivity contribution in [1.82, 2.24) is 0 Å². The highest BCUT2D eigenvalue weighted by Crippen LogP contribution is 2.50. The highest BCUT2D eigenvalue weighted by Gasteiger charge is 2.45. The molecular formula is C12H16ClNO2S. The van der Waals surface area contributed by atoms with Crippen molar-refractivity contribution in [1.29, 1.82) is 0 Å². The van der Waals surface area contributed by atoms with Gasteiger partial charge >= 0.3 is 0 Å². The first kappa shape index (κ1) is 12.9. The molecule has 2 rings (SSSR count). The second-order valence-corrected chi connectivity index (χ2v) is 7.09. The first-order chi connectivity index (χ1) is 7.99. The van der Waals surface area contributed by atoms with Gasteiger partial charge in [-0.3, -0.25) is 0 Å². The summed E-state index contributed by atoms with van der Waals surface area (Å²) in [5.41, 5.74) is 5.43. The lowest BCUT2D eigenvalue weighted by atomic mass is 10.1. The Bertz CT molecular complexity index is 509. The second kappa shape index (κ2) is 4.59. The van der Waals surface area contributed by atoms with Gasteiger partial charge < -0.3 is 5.73 Å². The fraction of sp³-hybridized carbons (Fsp3) is 0.500. The fourth-order valence-corrected chi connectivity index (χ4v) is 4.66. The number of halogens is 1. The standard InChI is InChI=1S/C12H16ClNO2S/c13-10-3-1-2-4-11(10)17(15,16)9-12(5-6-12)7-8-14/h1-4H,5-9,14H2. The molecule has 0 bridgehead atoms. The molecule has 0 radical (unpaired) electrons. The minimum Gasteiger partial charge on any atom is -0.330 e. The molecular weight excluding hydrogens is 258 g/mol. The SMILES string of the molecule is NCCC1(CS(=O)(=O)c2ccccc2Cl)CC1. The maximum absolute atomic E-state index is 12.3. The summed E-state index contributed by atoms with van der Waals surface area (Å²) in [4.78, 5) is 0.241. The highest BCUT2D eigenvalue weighted by atomic mass is 35.5. The lowest BCUT2D eigenvalue weighted by Crippen LogP contribution is -2.20. The van der Waals surface area contributed by atoms with Gasteiger partial charge in [-0.1, -0.05) is 23.7 Å². The van der Waals surface area contributed by atoms with E-state index in [0.29, 0.717) is 11.6 Å². The van der Waals surface area contributed by atoms with Gasteiger partial charge in [0.05, 0.1) is 15.7 Å². The maximum Gasteiger partial charge on any atom is 0.180 e. The van der Waals surface area contributed by atoms with E-state index < -0.39 is 9.84 Å². The second-order valence-electron chi connectivity index (χ2n) is 4.73. The summed E-state index contributed by atoms with van der Waals surface area (Å²) >= 11 is 5.93. The van der Waals surface area contributed by atoms with E-state index in [-0.39, 0.29) is 16.1 Å². The van der Waals surface area contributed by atoms with Crippen LogP contribution < -0.4 is 5.73 Å². The minimum atomic E-state index is -3.30. The van der Waals surface area contributed by atoms with Gasteiger partial charge in [0.15, 0.2) is 9.84 Å². The molecule has 1 aromatic carbocycles. The van der Waals surface area contributed by atoms with Crippen molar-refractivity contribution >= 4 is 21.4 Å². The van der Waals surface area contributed by atoms with Crippen LogP contribution in [-0.4, -0.2) is 20.7 Å². The van der Waals surface area contributed by atoms with Crippen LogP contribution in [0.5, 0.6) is 0 Å². The average molecular weight is 274 g/mol. The molecule has 0 heterocycles. The van der Waals surface area contributed by atoms with E-state index in [1.165, 1.54) is 0 Å². The van der Waals surface area contributed by atoms with Gasteiger partial charge in [-0.25, -0.2) is 8.42 Å². The van der Waals surface area contributed by atoms with Crippen molar-refractivity contribution in [2.24, 2.45) is 11.1 Å². The van der Waals surface area contributed by atoms with Crippen LogP contribution in [0, 0.1) is 5.41 Å². The monoisotopic (exact) mass is 273 g/mol. The molecule has 5 heteroatoms. The van der Waals surface area contributed by atoms with E-state index in [0.717, 1.165) is 19.3 Å². The predicted octanol–water partition coefficient (Wildman–Crippen LogP) is 2.24. The molecule has 17 heavy (non-hydrogen) atoms. The van der Waals surface area contributed by atoms with Gasteiger partial charge in [-0.2, -0.15) is 0 Å². The summed E-state index contributed by atoms with van der Waals surface area (Å²) in [7, 11) is -3.30. The van der Waals surface area contributed by atoms with E-state index >= 15 is 0 Å². The Hall–Kier alpha value is -0.580. The Kier molecular flexibility index (Phi) is 3.48. The zero-order valence-corrected chi connectivity index (χ0v) is 11.1. The van der Waals surface area contributed by atoms with Gasteiger partial charge in [-0.05, 0) is 43.4 Å². The van der Waals surface area contributed by atoms with Crippen LogP contribution in [0.25, 0.3) is 0 Å². The molecule has 0 spiro atoms. The van der Waals surface area contributed by atoms with Gasteiger partial charge in [0.1, 0.15) is 0 Å². The number of benzene rings is 1. The first-order valence-corrected chi connectivity index (χ1v) is 7.70. The molecule has 3 nitrogen and oxygen atoms in total. The van der Waals surface area contributed by atoms with Gasteiger partial charge in [0, 0.05) is 0 Å². The highest BCUT2D eigenvalue weighted by molar-refractivity contribution is 7.91. The van der Waals surface area contributed by atoms with Crippen LogP contribution in [0.4, 0.5) is 0 Å². The topological polar surface area (TPSA) is 60.2 Å². The number of hydrogen-bond acceptors (Lipinski definition) is 3. The quantitative estimate of drug-likeness (QED) is 0.895. The van der Waals surface area contributed by atoms with Crippen molar-refractivity contribution < 1.29 is 8.42 Å². The van der Waals surface area contributed by atoms with Crippen molar-refractivity contribution in [3.63, 3.8) is 0 Å². The Morgan fingerprint density at radius 2 is 1.94 bits per heavy atom. The van der Waals surface area contributed by atoms with E-state index in [9.17, 15) is 8.42 Å². The molecule has 94 valence electrons. The summed E-state index contributed by atoms with van der Waals surface area (Å²) in [5.74, 6) is 0.168. The largest absolute Gasteiger partial charge is 0.330 e. The average Bonchev–Trinajstić information content (AvgIpc) is 2.97. The number of nitrogens with two attached hydrogens (primary N) is 1. The molecule has 1 saturated carbocycles. The van der Waals surface area contributed by atoms with Gasteiger partial charge in [0.25, 0.3) is 0 Å². The molecule has 2 N–H and O–H groups in total. The van der Waals surface area contributed by atoms with Gasteiger partial charge in [0.2, 0.25) is 0 Å². The van der Waals surface area contributed by atoms with Gasteiger partial charge in [-0.15, -0.1) is 0 Å². The summed E-state index contributed by atoms with van der Waals surface area (Å²) < 4.78 is 24.5. The third kappa shape index (κ3) is 2.81. The van der Waals surface area contributed by atoms with Crippen molar-refractivity contribution in [3.05, 3.63) is 29.3 Å². The molecule has 1 fully saturated rings. The van der Waals surface area contributed by atoms with Crippen molar-refractivity contribution in [3.8, 4) is 0 Å². The predicted molar refractivity (Wildman–Crippen MR) is 68.8 cm³/mol. The third-order valence-electron chi connectivity index (χ3n) is 3.30. The molecule has 1 aromatic rings. The summed E-state index contributed by atoms with van der Waals surface area (Å²) in [6.07, 6.45) is 2.68. The molecule has 1 aliphatic rings. The van der Waals surface area contributed by atoms with Crippen LogP contribution in [-0.2, 0) is 9.84 Å². The minimum absolute atomic E-state index is 0.0905. The molecule has 0 atom stereocenters. The van der Waals surface area contributed by atoms with Crippen LogP contribution in [0.1, 0.15) is 19.3 Å². The third-order valence-corrected chi connectivity index (χ3v) is 5.76.